The van der Waals surface area contributed by atoms with Gasteiger partial charge in [-0.25, -0.2) is 9.67 Å². The molecule has 42 heavy (non-hydrogen) atoms. The maximum atomic E-state index is 12.6. The molecule has 0 radical (unpaired) electrons. The van der Waals surface area contributed by atoms with Crippen molar-refractivity contribution in [2.24, 2.45) is 5.92 Å². The van der Waals surface area contributed by atoms with Crippen LogP contribution in [0.5, 0.6) is 0 Å². The molecule has 1 aliphatic heterocycles. The highest BCUT2D eigenvalue weighted by Gasteiger charge is 2.45. The molecule has 12 heteroatoms. The van der Waals surface area contributed by atoms with Gasteiger partial charge < -0.3 is 10.2 Å². The Balaban J connectivity index is 0.000000211. The minimum atomic E-state index is -4.46. The van der Waals surface area contributed by atoms with Crippen LogP contribution < -0.4 is 10.2 Å². The zero-order valence-corrected chi connectivity index (χ0v) is 24.0. The molecule has 222 valence electrons. The van der Waals surface area contributed by atoms with E-state index in [0.717, 1.165) is 80.7 Å². The van der Waals surface area contributed by atoms with Gasteiger partial charge in [-0.05, 0) is 55.5 Å². The van der Waals surface area contributed by atoms with E-state index in [1.165, 1.54) is 17.2 Å². The zero-order valence-electron chi connectivity index (χ0n) is 23.1. The molecule has 2 aliphatic carbocycles. The Bertz CT molecular complexity index is 1430. The summed E-state index contributed by atoms with van der Waals surface area (Å²) in [6.45, 7) is 1.57. The summed E-state index contributed by atoms with van der Waals surface area (Å²) >= 11 is 0. The van der Waals surface area contributed by atoms with E-state index in [-0.39, 0.29) is 11.8 Å². The average Bonchev–Trinajstić information content (AvgIpc) is 3.61. The predicted octanol–water partition coefficient (Wildman–Crippen LogP) is 5.26. The lowest BCUT2D eigenvalue weighted by atomic mass is 9.88. The number of nitriles is 1. The summed E-state index contributed by atoms with van der Waals surface area (Å²) in [5.74, 6) is 1.67. The summed E-state index contributed by atoms with van der Waals surface area (Å²) < 4.78 is 50.9. The van der Waals surface area contributed by atoms with Gasteiger partial charge in [0, 0.05) is 58.8 Å². The number of carbonyl (C=O) groups excluding carboxylic acids is 1. The number of rotatable bonds is 5. The van der Waals surface area contributed by atoms with Gasteiger partial charge >= 0.3 is 6.18 Å². The van der Waals surface area contributed by atoms with Crippen LogP contribution >= 0.6 is 0 Å². The van der Waals surface area contributed by atoms with E-state index in [0.29, 0.717) is 17.2 Å². The van der Waals surface area contributed by atoms with Crippen LogP contribution in [0.4, 0.5) is 18.9 Å². The quantitative estimate of drug-likeness (QED) is 0.430. The summed E-state index contributed by atoms with van der Waals surface area (Å²) in [4.78, 5) is 17.4. The number of amides is 1. The Hall–Kier alpha value is -3.72. The molecule has 1 aromatic carbocycles. The third kappa shape index (κ3) is 7.37. The minimum Gasteiger partial charge on any atom is -0.370 e. The standard InChI is InChI=1S/C19H17F3N4OS.C11H16N2O/c20-19(21,22)18-6-5-17(12-23-18)26-13-15(11-24-26)14-1-3-16(4-2-14)25-7-9-28(27)10-8-25;12-8-11(6-7-11)13-10(14)9-4-2-1-3-5-9/h1-6,11-13H,7-10H2;9H,1-7H2,(H,13,14). The van der Waals surface area contributed by atoms with Gasteiger partial charge in [-0.1, -0.05) is 31.4 Å². The van der Waals surface area contributed by atoms with Crippen LogP contribution in [0.3, 0.4) is 0 Å². The fourth-order valence-corrected chi connectivity index (χ4v) is 6.21. The van der Waals surface area contributed by atoms with Gasteiger partial charge in [0.05, 0.1) is 24.2 Å². The highest BCUT2D eigenvalue weighted by molar-refractivity contribution is 7.85. The van der Waals surface area contributed by atoms with Gasteiger partial charge in [0.25, 0.3) is 0 Å². The second-order valence-corrected chi connectivity index (χ2v) is 12.7. The Morgan fingerprint density at radius 3 is 2.21 bits per heavy atom. The summed E-state index contributed by atoms with van der Waals surface area (Å²) in [6, 6.07) is 12.5. The van der Waals surface area contributed by atoms with Crippen LogP contribution in [0.1, 0.15) is 50.6 Å². The van der Waals surface area contributed by atoms with E-state index in [4.69, 9.17) is 5.26 Å². The lowest BCUT2D eigenvalue weighted by Crippen LogP contribution is -2.40. The van der Waals surface area contributed by atoms with Gasteiger partial charge in [0.2, 0.25) is 5.91 Å². The largest absolute Gasteiger partial charge is 0.433 e. The van der Waals surface area contributed by atoms with Crippen LogP contribution in [0.15, 0.2) is 55.0 Å². The van der Waals surface area contributed by atoms with Crippen molar-refractivity contribution in [1.82, 2.24) is 20.1 Å². The normalized spacial score (nSPS) is 18.9. The van der Waals surface area contributed by atoms with E-state index >= 15 is 0 Å². The van der Waals surface area contributed by atoms with E-state index in [9.17, 15) is 22.2 Å². The first-order chi connectivity index (χ1) is 20.2. The van der Waals surface area contributed by atoms with Crippen molar-refractivity contribution in [3.63, 3.8) is 0 Å². The minimum absolute atomic E-state index is 0.115. The molecule has 0 spiro atoms. The first-order valence-electron chi connectivity index (χ1n) is 14.2. The molecule has 0 bridgehead atoms. The molecule has 0 unspecified atom stereocenters. The molecule has 3 heterocycles. The van der Waals surface area contributed by atoms with E-state index in [1.807, 2.05) is 24.3 Å². The smallest absolute Gasteiger partial charge is 0.370 e. The van der Waals surface area contributed by atoms with Crippen molar-refractivity contribution in [3.05, 3.63) is 60.7 Å². The lowest BCUT2D eigenvalue weighted by molar-refractivity contribution is -0.141. The molecule has 1 N–H and O–H groups in total. The topological polar surface area (TPSA) is 104 Å². The van der Waals surface area contributed by atoms with Gasteiger partial charge in [-0.15, -0.1) is 0 Å². The summed E-state index contributed by atoms with van der Waals surface area (Å²) in [7, 11) is -0.711. The Kier molecular flexibility index (Phi) is 8.96. The third-order valence-electron chi connectivity index (χ3n) is 7.93. The van der Waals surface area contributed by atoms with Gasteiger partial charge in [0.1, 0.15) is 11.2 Å². The summed E-state index contributed by atoms with van der Waals surface area (Å²) in [5, 5.41) is 16.0. The van der Waals surface area contributed by atoms with Crippen molar-refractivity contribution in [2.75, 3.05) is 29.5 Å². The average molecular weight is 599 g/mol. The van der Waals surface area contributed by atoms with Crippen LogP contribution in [0, 0.1) is 17.2 Å². The molecule has 1 amide bonds. The van der Waals surface area contributed by atoms with E-state index in [1.54, 1.807) is 12.4 Å². The fraction of sp³-hybridized carbons (Fsp3) is 0.467. The van der Waals surface area contributed by atoms with Crippen molar-refractivity contribution in [3.8, 4) is 22.9 Å². The Morgan fingerprint density at radius 2 is 1.64 bits per heavy atom. The predicted molar refractivity (Wildman–Crippen MR) is 154 cm³/mol. The molecule has 3 aromatic rings. The molecule has 3 fully saturated rings. The number of benzene rings is 1. The number of alkyl halides is 3. The number of pyridine rings is 1. The van der Waals surface area contributed by atoms with Crippen molar-refractivity contribution in [2.45, 2.75) is 56.7 Å². The summed E-state index contributed by atoms with van der Waals surface area (Å²) in [5.41, 5.74) is 1.94. The molecule has 2 aromatic heterocycles. The molecule has 8 nitrogen and oxygen atoms in total. The van der Waals surface area contributed by atoms with E-state index in [2.05, 4.69) is 26.4 Å². The molecule has 3 aliphatic rings. The van der Waals surface area contributed by atoms with Crippen LogP contribution in [-0.4, -0.2) is 55.0 Å². The van der Waals surface area contributed by atoms with Crippen LogP contribution in [-0.2, 0) is 21.8 Å². The number of carbonyl (C=O) groups is 1. The number of nitrogens with one attached hydrogen (secondary N) is 1. The maximum absolute atomic E-state index is 12.6. The van der Waals surface area contributed by atoms with Gasteiger partial charge in [-0.2, -0.15) is 23.5 Å². The van der Waals surface area contributed by atoms with Crippen LogP contribution in [0.2, 0.25) is 0 Å². The SMILES string of the molecule is N#CC1(NC(=O)C2CCCCC2)CC1.O=S1CCN(c2ccc(-c3cnn(-c4ccc(C(F)(F)F)nc4)c3)cc2)CC1. The molecule has 1 saturated heterocycles. The van der Waals surface area contributed by atoms with Gasteiger partial charge in [-0.3, -0.25) is 9.00 Å². The number of anilines is 1. The number of halogens is 3. The third-order valence-corrected chi connectivity index (χ3v) is 9.21. The highest BCUT2D eigenvalue weighted by atomic mass is 32.2. The zero-order chi connectivity index (χ0) is 29.7. The van der Waals surface area contributed by atoms with Crippen molar-refractivity contribution < 1.29 is 22.2 Å². The van der Waals surface area contributed by atoms with Crippen molar-refractivity contribution in [1.29, 1.82) is 5.26 Å². The monoisotopic (exact) mass is 598 g/mol. The number of aromatic nitrogens is 3. The molecule has 0 atom stereocenters. The number of hydrogen-bond acceptors (Lipinski definition) is 6. The molecule has 2 saturated carbocycles. The molecular weight excluding hydrogens is 565 g/mol. The summed E-state index contributed by atoms with van der Waals surface area (Å²) in [6.07, 6.45) is 7.38. The van der Waals surface area contributed by atoms with Gasteiger partial charge in [0.15, 0.2) is 0 Å². The Labute approximate surface area is 245 Å². The number of nitrogens with zero attached hydrogens (tertiary/aromatic N) is 5. The second kappa shape index (κ2) is 12.7. The van der Waals surface area contributed by atoms with Crippen LogP contribution in [0.25, 0.3) is 16.8 Å². The number of hydrogen-bond donors (Lipinski definition) is 1. The first kappa shape index (κ1) is 29.8. The molecule has 6 rings (SSSR count). The van der Waals surface area contributed by atoms with Crippen molar-refractivity contribution >= 4 is 22.4 Å². The molecular formula is C30H33F3N6O2S. The second-order valence-electron chi connectivity index (χ2n) is 11.0. The first-order valence-corrected chi connectivity index (χ1v) is 15.7. The highest BCUT2D eigenvalue weighted by Crippen LogP contribution is 2.35. The lowest BCUT2D eigenvalue weighted by Gasteiger charge is -2.28. The Morgan fingerprint density at radius 1 is 0.976 bits per heavy atom. The maximum Gasteiger partial charge on any atom is 0.433 e. The fourth-order valence-electron chi connectivity index (χ4n) is 5.16. The van der Waals surface area contributed by atoms with E-state index < -0.39 is 28.2 Å².